The number of benzene rings is 2. The molecule has 2 aromatic rings. The Morgan fingerprint density at radius 1 is 1.38 bits per heavy atom. The third-order valence-electron chi connectivity index (χ3n) is 3.57. The van der Waals surface area contributed by atoms with Gasteiger partial charge in [0.2, 0.25) is 5.75 Å². The van der Waals surface area contributed by atoms with Gasteiger partial charge in [0.05, 0.1) is 11.1 Å². The number of amides is 1. The van der Waals surface area contributed by atoms with Gasteiger partial charge < -0.3 is 10.4 Å². The third kappa shape index (κ3) is 4.79. The van der Waals surface area contributed by atoms with E-state index in [9.17, 15) is 20.0 Å². The number of hydrogen-bond donors (Lipinski definition) is 3. The van der Waals surface area contributed by atoms with Crippen LogP contribution in [0.5, 0.6) is 5.75 Å². The molecule has 3 N–H and O–H groups in total. The zero-order chi connectivity index (χ0) is 19.3. The molecule has 9 heteroatoms. The van der Waals surface area contributed by atoms with E-state index >= 15 is 0 Å². The van der Waals surface area contributed by atoms with E-state index in [1.54, 1.807) is 6.92 Å². The minimum Gasteiger partial charge on any atom is -0.502 e. The summed E-state index contributed by atoms with van der Waals surface area (Å²) in [6.07, 6.45) is 1.14. The van der Waals surface area contributed by atoms with Crippen molar-refractivity contribution in [2.75, 3.05) is 5.32 Å². The number of carbonyl (C=O) groups excluding carboxylic acids is 1. The summed E-state index contributed by atoms with van der Waals surface area (Å²) in [5.41, 5.74) is 3.82. The molecule has 1 unspecified atom stereocenters. The molecule has 0 aromatic heterocycles. The summed E-state index contributed by atoms with van der Waals surface area (Å²) >= 11 is 3.13. The number of rotatable bonds is 6. The average molecular weight is 421 g/mol. The first-order chi connectivity index (χ1) is 12.3. The van der Waals surface area contributed by atoms with Crippen molar-refractivity contribution < 1.29 is 14.8 Å². The van der Waals surface area contributed by atoms with Crippen molar-refractivity contribution in [3.63, 3.8) is 0 Å². The number of nitro benzene ring substituents is 1. The fourth-order valence-corrected chi connectivity index (χ4v) is 2.60. The molecule has 8 nitrogen and oxygen atoms in total. The van der Waals surface area contributed by atoms with Crippen molar-refractivity contribution in [1.82, 2.24) is 5.43 Å². The van der Waals surface area contributed by atoms with Gasteiger partial charge in [-0.2, -0.15) is 5.10 Å². The minimum atomic E-state index is -0.704. The van der Waals surface area contributed by atoms with Crippen molar-refractivity contribution in [3.05, 3.63) is 62.1 Å². The Morgan fingerprint density at radius 3 is 2.73 bits per heavy atom. The molecule has 0 radical (unpaired) electrons. The summed E-state index contributed by atoms with van der Waals surface area (Å²) in [5, 5.41) is 27.6. The smallest absolute Gasteiger partial charge is 0.312 e. The number of aryl methyl sites for hydroxylation is 1. The number of hydrogen-bond acceptors (Lipinski definition) is 6. The summed E-state index contributed by atoms with van der Waals surface area (Å²) in [5.74, 6) is -0.921. The second kappa shape index (κ2) is 8.43. The van der Waals surface area contributed by atoms with E-state index in [4.69, 9.17) is 0 Å². The highest BCUT2D eigenvalue weighted by Gasteiger charge is 2.18. The topological polar surface area (TPSA) is 117 Å². The molecular formula is C17H17BrN4O4. The number of para-hydroxylation sites is 1. The second-order valence-corrected chi connectivity index (χ2v) is 6.45. The molecule has 2 rings (SSSR count). The minimum absolute atomic E-state index is 0.103. The molecule has 26 heavy (non-hydrogen) atoms. The second-order valence-electron chi connectivity index (χ2n) is 5.54. The Bertz CT molecular complexity index is 870. The van der Waals surface area contributed by atoms with Crippen LogP contribution >= 0.6 is 15.9 Å². The fourth-order valence-electron chi connectivity index (χ4n) is 2.14. The highest BCUT2D eigenvalue weighted by Crippen LogP contribution is 2.32. The van der Waals surface area contributed by atoms with E-state index in [0.717, 1.165) is 17.5 Å². The number of anilines is 1. The van der Waals surface area contributed by atoms with Gasteiger partial charge in [0.25, 0.3) is 5.91 Å². The maximum absolute atomic E-state index is 12.1. The Balaban J connectivity index is 2.05. The summed E-state index contributed by atoms with van der Waals surface area (Å²) < 4.78 is 0.407. The lowest BCUT2D eigenvalue weighted by molar-refractivity contribution is -0.385. The highest BCUT2D eigenvalue weighted by molar-refractivity contribution is 9.10. The number of phenols is 1. The zero-order valence-corrected chi connectivity index (χ0v) is 15.6. The van der Waals surface area contributed by atoms with Gasteiger partial charge in [-0.1, -0.05) is 34.1 Å². The lowest BCUT2D eigenvalue weighted by Gasteiger charge is -2.15. The van der Waals surface area contributed by atoms with Crippen LogP contribution < -0.4 is 10.7 Å². The van der Waals surface area contributed by atoms with Crippen LogP contribution in [0, 0.1) is 17.0 Å². The number of halogens is 1. The normalized spacial score (nSPS) is 12.0. The Morgan fingerprint density at radius 2 is 2.08 bits per heavy atom. The van der Waals surface area contributed by atoms with Crippen molar-refractivity contribution >= 4 is 39.4 Å². The molecule has 0 bridgehead atoms. The first-order valence-corrected chi connectivity index (χ1v) is 8.41. The molecular weight excluding hydrogens is 404 g/mol. The van der Waals surface area contributed by atoms with Gasteiger partial charge in [-0.3, -0.25) is 14.9 Å². The van der Waals surface area contributed by atoms with Gasteiger partial charge in [0, 0.05) is 21.8 Å². The lowest BCUT2D eigenvalue weighted by Crippen LogP contribution is -2.35. The number of nitrogens with one attached hydrogen (secondary N) is 2. The molecule has 0 saturated carbocycles. The predicted molar refractivity (Wildman–Crippen MR) is 102 cm³/mol. The van der Waals surface area contributed by atoms with E-state index in [0.29, 0.717) is 4.47 Å². The molecule has 0 aliphatic rings. The fraction of sp³-hybridized carbons (Fsp3) is 0.176. The van der Waals surface area contributed by atoms with Crippen molar-refractivity contribution in [3.8, 4) is 5.75 Å². The van der Waals surface area contributed by atoms with Gasteiger partial charge >= 0.3 is 5.69 Å². The number of aromatic hydroxyl groups is 1. The highest BCUT2D eigenvalue weighted by atomic mass is 79.9. The van der Waals surface area contributed by atoms with Gasteiger partial charge in [0.15, 0.2) is 0 Å². The molecule has 0 heterocycles. The van der Waals surface area contributed by atoms with E-state index in [1.165, 1.54) is 12.1 Å². The van der Waals surface area contributed by atoms with Crippen LogP contribution in [0.1, 0.15) is 18.1 Å². The number of nitro groups is 1. The molecule has 1 atom stereocenters. The van der Waals surface area contributed by atoms with Crippen molar-refractivity contribution in [1.29, 1.82) is 0 Å². The summed E-state index contributed by atoms with van der Waals surface area (Å²) in [7, 11) is 0. The lowest BCUT2D eigenvalue weighted by atomic mass is 10.2. The monoisotopic (exact) mass is 420 g/mol. The SMILES string of the molecule is Cc1ccccc1NC(C)C(=O)N/N=C/c1cc(Br)cc([N+](=O)[O-])c1O. The van der Waals surface area contributed by atoms with Crippen LogP contribution in [-0.4, -0.2) is 28.2 Å². The quantitative estimate of drug-likeness (QED) is 0.376. The molecule has 1 amide bonds. The average Bonchev–Trinajstić information content (AvgIpc) is 2.59. The first kappa shape index (κ1) is 19.4. The van der Waals surface area contributed by atoms with Crippen LogP contribution in [0.2, 0.25) is 0 Å². The third-order valence-corrected chi connectivity index (χ3v) is 4.03. The summed E-state index contributed by atoms with van der Waals surface area (Å²) in [6, 6.07) is 9.63. The first-order valence-electron chi connectivity index (χ1n) is 7.61. The number of carbonyl (C=O) groups is 1. The molecule has 136 valence electrons. The molecule has 0 fully saturated rings. The molecule has 0 spiro atoms. The van der Waals surface area contributed by atoms with E-state index in [1.807, 2.05) is 31.2 Å². The van der Waals surface area contributed by atoms with Crippen LogP contribution in [0.25, 0.3) is 0 Å². The van der Waals surface area contributed by atoms with E-state index in [2.05, 4.69) is 31.8 Å². The van der Waals surface area contributed by atoms with Gasteiger partial charge in [0.1, 0.15) is 6.04 Å². The maximum atomic E-state index is 12.1. The van der Waals surface area contributed by atoms with E-state index in [-0.39, 0.29) is 5.56 Å². The molecule has 0 saturated heterocycles. The van der Waals surface area contributed by atoms with Crippen LogP contribution in [0.4, 0.5) is 11.4 Å². The number of hydrazone groups is 1. The Kier molecular flexibility index (Phi) is 6.29. The maximum Gasteiger partial charge on any atom is 0.312 e. The summed E-state index contributed by atoms with van der Waals surface area (Å²) in [4.78, 5) is 22.3. The van der Waals surface area contributed by atoms with Crippen LogP contribution in [-0.2, 0) is 4.79 Å². The largest absolute Gasteiger partial charge is 0.502 e. The van der Waals surface area contributed by atoms with Crippen LogP contribution in [0.3, 0.4) is 0 Å². The molecule has 0 aliphatic heterocycles. The van der Waals surface area contributed by atoms with Crippen molar-refractivity contribution in [2.24, 2.45) is 5.10 Å². The zero-order valence-electron chi connectivity index (χ0n) is 14.1. The molecule has 2 aromatic carbocycles. The van der Waals surface area contributed by atoms with Gasteiger partial charge in [-0.05, 0) is 31.5 Å². The Labute approximate surface area is 158 Å². The number of phenolic OH excluding ortho intramolecular Hbond substituents is 1. The number of nitrogens with zero attached hydrogens (tertiary/aromatic N) is 2. The van der Waals surface area contributed by atoms with Gasteiger partial charge in [-0.15, -0.1) is 0 Å². The molecule has 0 aliphatic carbocycles. The summed E-state index contributed by atoms with van der Waals surface area (Å²) in [6.45, 7) is 3.60. The van der Waals surface area contributed by atoms with Crippen molar-refractivity contribution in [2.45, 2.75) is 19.9 Å². The van der Waals surface area contributed by atoms with E-state index < -0.39 is 28.3 Å². The van der Waals surface area contributed by atoms with Gasteiger partial charge in [-0.25, -0.2) is 5.43 Å². The van der Waals surface area contributed by atoms with Crippen LogP contribution in [0.15, 0.2) is 46.0 Å². The standard InChI is InChI=1S/C17H17BrN4O4/c1-10-5-3-4-6-14(10)20-11(2)17(24)21-19-9-12-7-13(18)8-15(16(12)23)22(25)26/h3-9,11,20,23H,1-2H3,(H,21,24)/b19-9+. The Hall–Kier alpha value is -2.94. The predicted octanol–water partition coefficient (Wildman–Crippen LogP) is 3.32.